The lowest BCUT2D eigenvalue weighted by Crippen LogP contribution is -2.51. The molecule has 41 heavy (non-hydrogen) atoms. The molecule has 2 fully saturated rings. The van der Waals surface area contributed by atoms with E-state index in [-0.39, 0.29) is 35.9 Å². The first-order valence-corrected chi connectivity index (χ1v) is 13.9. The van der Waals surface area contributed by atoms with Crippen LogP contribution in [0.1, 0.15) is 44.3 Å². The largest absolute Gasteiger partial charge is 0.474 e. The fourth-order valence-electron chi connectivity index (χ4n) is 5.81. The van der Waals surface area contributed by atoms with Gasteiger partial charge >= 0.3 is 0 Å². The predicted octanol–water partition coefficient (Wildman–Crippen LogP) is 2.81. The van der Waals surface area contributed by atoms with Gasteiger partial charge in [0.1, 0.15) is 29.5 Å². The van der Waals surface area contributed by atoms with Crippen molar-refractivity contribution in [3.63, 3.8) is 0 Å². The molecule has 214 valence electrons. The van der Waals surface area contributed by atoms with E-state index >= 15 is 0 Å². The van der Waals surface area contributed by atoms with Gasteiger partial charge in [-0.2, -0.15) is 10.1 Å². The monoisotopic (exact) mass is 561 g/mol. The summed E-state index contributed by atoms with van der Waals surface area (Å²) in [5.74, 6) is 0.930. The third kappa shape index (κ3) is 5.69. The van der Waals surface area contributed by atoms with Gasteiger partial charge in [-0.15, -0.1) is 0 Å². The number of aromatic nitrogens is 6. The summed E-state index contributed by atoms with van der Waals surface area (Å²) in [6.07, 6.45) is 8.36. The molecular formula is C29H32FN7O4. The van der Waals surface area contributed by atoms with Crippen LogP contribution in [0.4, 0.5) is 4.39 Å². The molecule has 1 aliphatic heterocycles. The molecule has 1 amide bonds. The second kappa shape index (κ2) is 11.0. The number of likely N-dealkylation sites (tertiary alicyclic amines) is 1. The number of rotatable bonds is 6. The van der Waals surface area contributed by atoms with Gasteiger partial charge in [-0.1, -0.05) is 0 Å². The summed E-state index contributed by atoms with van der Waals surface area (Å²) < 4.78 is 22.2. The third-order valence-corrected chi connectivity index (χ3v) is 8.16. The predicted molar refractivity (Wildman–Crippen MR) is 147 cm³/mol. The van der Waals surface area contributed by atoms with E-state index in [0.717, 1.165) is 25.7 Å². The summed E-state index contributed by atoms with van der Waals surface area (Å²) in [7, 11) is 0. The van der Waals surface area contributed by atoms with Gasteiger partial charge in [-0.3, -0.25) is 14.2 Å². The Morgan fingerprint density at radius 2 is 1.83 bits per heavy atom. The quantitative estimate of drug-likeness (QED) is 0.381. The van der Waals surface area contributed by atoms with Crippen molar-refractivity contribution in [2.45, 2.75) is 63.7 Å². The number of benzene rings is 1. The fraction of sp³-hybridized carbons (Fsp3) is 0.448. The minimum atomic E-state index is -1.13. The first-order valence-electron chi connectivity index (χ1n) is 13.9. The topological polar surface area (TPSA) is 128 Å². The molecule has 6 rings (SSSR count). The molecule has 1 saturated carbocycles. The highest BCUT2D eigenvalue weighted by molar-refractivity contribution is 5.79. The maximum absolute atomic E-state index is 13.3. The van der Waals surface area contributed by atoms with Gasteiger partial charge in [-0.05, 0) is 69.7 Å². The molecule has 1 aromatic carbocycles. The number of carbonyl (C=O) groups excluding carboxylic acids is 1. The van der Waals surface area contributed by atoms with Crippen LogP contribution >= 0.6 is 0 Å². The van der Waals surface area contributed by atoms with E-state index in [4.69, 9.17) is 4.74 Å². The number of aliphatic hydroxyl groups is 1. The van der Waals surface area contributed by atoms with Crippen molar-refractivity contribution in [1.82, 2.24) is 34.2 Å². The number of aryl methyl sites for hydroxylation is 1. The third-order valence-electron chi connectivity index (χ3n) is 8.16. The normalized spacial score (nSPS) is 20.7. The zero-order valence-electron chi connectivity index (χ0n) is 22.8. The lowest BCUT2D eigenvalue weighted by atomic mass is 9.85. The summed E-state index contributed by atoms with van der Waals surface area (Å²) in [5, 5.41) is 15.9. The molecule has 4 aromatic rings. The molecule has 0 unspecified atom stereocenters. The molecule has 11 nitrogen and oxygen atoms in total. The number of amides is 1. The number of carbonyl (C=O) groups is 1. The van der Waals surface area contributed by atoms with Crippen molar-refractivity contribution in [2.24, 2.45) is 5.92 Å². The number of halogens is 1. The van der Waals surface area contributed by atoms with Gasteiger partial charge in [0.05, 0.1) is 24.0 Å². The minimum Gasteiger partial charge on any atom is -0.474 e. The molecular weight excluding hydrogens is 529 g/mol. The first-order chi connectivity index (χ1) is 19.8. The lowest BCUT2D eigenvalue weighted by Gasteiger charge is -2.40. The van der Waals surface area contributed by atoms with E-state index in [0.29, 0.717) is 54.4 Å². The molecule has 4 heterocycles. The summed E-state index contributed by atoms with van der Waals surface area (Å²) in [6, 6.07) is 7.51. The highest BCUT2D eigenvalue weighted by Gasteiger charge is 2.37. The minimum absolute atomic E-state index is 0.0341. The van der Waals surface area contributed by atoms with Gasteiger partial charge in [0.2, 0.25) is 11.8 Å². The number of hydrogen-bond acceptors (Lipinski definition) is 8. The van der Waals surface area contributed by atoms with Crippen LogP contribution in [-0.2, 0) is 11.3 Å². The highest BCUT2D eigenvalue weighted by atomic mass is 19.1. The Balaban J connectivity index is 1.04. The number of hydrogen-bond donors (Lipinski definition) is 1. The van der Waals surface area contributed by atoms with Crippen molar-refractivity contribution in [1.29, 1.82) is 0 Å². The Hall–Kier alpha value is -4.19. The van der Waals surface area contributed by atoms with E-state index in [1.54, 1.807) is 24.4 Å². The van der Waals surface area contributed by atoms with Gasteiger partial charge in [0, 0.05) is 31.3 Å². The average molecular weight is 562 g/mol. The molecule has 12 heteroatoms. The number of nitrogens with zero attached hydrogens (tertiary/aromatic N) is 7. The van der Waals surface area contributed by atoms with Crippen molar-refractivity contribution in [3.05, 3.63) is 71.0 Å². The molecule has 1 N–H and O–H groups in total. The second-order valence-electron chi connectivity index (χ2n) is 11.0. The Labute approximate surface area is 235 Å². The van der Waals surface area contributed by atoms with Crippen molar-refractivity contribution < 1.29 is 19.0 Å². The molecule has 0 bridgehead atoms. The lowest BCUT2D eigenvalue weighted by molar-refractivity contribution is -0.141. The summed E-state index contributed by atoms with van der Waals surface area (Å²) >= 11 is 0. The molecule has 1 saturated heterocycles. The fourth-order valence-corrected chi connectivity index (χ4v) is 5.81. The van der Waals surface area contributed by atoms with Gasteiger partial charge in [0.25, 0.3) is 5.56 Å². The standard InChI is InChI=1S/C29H32FN7O4/c1-19-31-13-10-25(34-19)41-23-8-2-20(3-9-23)27(38)35-14-11-29(40,12-15-35)17-36-18-32-26-24(28(36)39)16-33-37(26)22-6-4-21(30)5-7-22/h4-7,10,13,16,18,20,23,40H,2-3,8-9,11-12,14-15,17H2,1H3/t20-,23-. The van der Waals surface area contributed by atoms with Crippen molar-refractivity contribution in [3.8, 4) is 11.6 Å². The number of fused-ring (bicyclic) bond motifs is 1. The van der Waals surface area contributed by atoms with Crippen molar-refractivity contribution in [2.75, 3.05) is 13.1 Å². The maximum atomic E-state index is 13.3. The van der Waals surface area contributed by atoms with Crippen LogP contribution in [0.15, 0.2) is 53.8 Å². The molecule has 0 spiro atoms. The Kier molecular flexibility index (Phi) is 7.24. The van der Waals surface area contributed by atoms with Crippen LogP contribution in [0.5, 0.6) is 5.88 Å². The Bertz CT molecular complexity index is 1600. The van der Waals surface area contributed by atoms with Crippen LogP contribution in [0, 0.1) is 18.7 Å². The van der Waals surface area contributed by atoms with Gasteiger partial charge in [0.15, 0.2) is 5.65 Å². The van der Waals surface area contributed by atoms with Gasteiger partial charge in [-0.25, -0.2) is 19.0 Å². The van der Waals surface area contributed by atoms with E-state index in [2.05, 4.69) is 20.1 Å². The first kappa shape index (κ1) is 27.0. The number of ether oxygens (including phenoxy) is 1. The highest BCUT2D eigenvalue weighted by Crippen LogP contribution is 2.31. The summed E-state index contributed by atoms with van der Waals surface area (Å²) in [4.78, 5) is 41.1. The Morgan fingerprint density at radius 3 is 2.54 bits per heavy atom. The smallest absolute Gasteiger partial charge is 0.264 e. The van der Waals surface area contributed by atoms with E-state index in [1.165, 1.54) is 33.9 Å². The van der Waals surface area contributed by atoms with Crippen molar-refractivity contribution >= 4 is 16.9 Å². The van der Waals surface area contributed by atoms with Crippen LogP contribution in [0.2, 0.25) is 0 Å². The van der Waals surface area contributed by atoms with E-state index in [1.807, 2.05) is 11.8 Å². The molecule has 0 atom stereocenters. The van der Waals surface area contributed by atoms with Crippen LogP contribution in [0.3, 0.4) is 0 Å². The van der Waals surface area contributed by atoms with Crippen LogP contribution < -0.4 is 10.3 Å². The zero-order chi connectivity index (χ0) is 28.6. The van der Waals surface area contributed by atoms with E-state index in [9.17, 15) is 19.1 Å². The van der Waals surface area contributed by atoms with E-state index < -0.39 is 5.60 Å². The van der Waals surface area contributed by atoms with Crippen LogP contribution in [-0.4, -0.2) is 70.0 Å². The summed E-state index contributed by atoms with van der Waals surface area (Å²) in [6.45, 7) is 2.75. The molecule has 2 aliphatic rings. The SMILES string of the molecule is Cc1nccc(O[C@H]2CC[C@H](C(=O)N3CCC(O)(Cn4cnc5c(cnn5-c5ccc(F)cc5)c4=O)CC3)CC2)n1. The average Bonchev–Trinajstić information content (AvgIpc) is 3.40. The molecule has 3 aromatic heterocycles. The zero-order valence-corrected chi connectivity index (χ0v) is 22.8. The number of piperidine rings is 1. The van der Waals surface area contributed by atoms with Gasteiger partial charge < -0.3 is 14.7 Å². The second-order valence-corrected chi connectivity index (χ2v) is 11.0. The summed E-state index contributed by atoms with van der Waals surface area (Å²) in [5.41, 5.74) is -0.503. The Morgan fingerprint density at radius 1 is 1.10 bits per heavy atom. The molecule has 1 aliphatic carbocycles. The maximum Gasteiger partial charge on any atom is 0.264 e. The molecule has 0 radical (unpaired) electrons. The van der Waals surface area contributed by atoms with Crippen LogP contribution in [0.25, 0.3) is 16.7 Å².